The normalized spacial score (nSPS) is 21.2. The molecule has 164 valence electrons. The van der Waals surface area contributed by atoms with Crippen molar-refractivity contribution in [2.75, 3.05) is 22.9 Å². The van der Waals surface area contributed by atoms with E-state index in [9.17, 15) is 18.0 Å². The fourth-order valence-electron chi connectivity index (χ4n) is 4.98. The lowest BCUT2D eigenvalue weighted by atomic mass is 9.96. The number of halogens is 3. The fourth-order valence-corrected chi connectivity index (χ4v) is 4.98. The van der Waals surface area contributed by atoms with Crippen LogP contribution >= 0.6 is 0 Å². The van der Waals surface area contributed by atoms with Crippen LogP contribution in [0.15, 0.2) is 36.4 Å². The van der Waals surface area contributed by atoms with Crippen LogP contribution in [0.4, 0.5) is 29.5 Å². The molecule has 1 atom stereocenters. The Bertz CT molecular complexity index is 987. The van der Waals surface area contributed by atoms with Gasteiger partial charge in [0, 0.05) is 24.7 Å². The predicted octanol–water partition coefficient (Wildman–Crippen LogP) is 5.21. The van der Waals surface area contributed by atoms with E-state index in [1.54, 1.807) is 17.0 Å². The second-order valence-corrected chi connectivity index (χ2v) is 8.66. The van der Waals surface area contributed by atoms with Crippen molar-refractivity contribution in [1.82, 2.24) is 10.3 Å². The van der Waals surface area contributed by atoms with Crippen molar-refractivity contribution in [2.24, 2.45) is 0 Å². The summed E-state index contributed by atoms with van der Waals surface area (Å²) in [5.41, 5.74) is 0.976. The van der Waals surface area contributed by atoms with Crippen LogP contribution in [0.5, 0.6) is 0 Å². The number of nitrogens with one attached hydrogen (secondary N) is 1. The van der Waals surface area contributed by atoms with Crippen molar-refractivity contribution in [3.8, 4) is 11.3 Å². The number of fused-ring (bicyclic) bond motifs is 4. The quantitative estimate of drug-likeness (QED) is 0.712. The van der Waals surface area contributed by atoms with Gasteiger partial charge >= 0.3 is 12.2 Å². The van der Waals surface area contributed by atoms with E-state index in [0.29, 0.717) is 17.1 Å². The van der Waals surface area contributed by atoms with E-state index in [-0.39, 0.29) is 18.1 Å². The molecule has 5 rings (SSSR count). The Morgan fingerprint density at radius 1 is 1.06 bits per heavy atom. The zero-order chi connectivity index (χ0) is 21.6. The van der Waals surface area contributed by atoms with Crippen LogP contribution in [-0.2, 0) is 6.18 Å². The minimum absolute atomic E-state index is 0.0281. The van der Waals surface area contributed by atoms with E-state index in [1.165, 1.54) is 12.5 Å². The molecule has 0 radical (unpaired) electrons. The smallest absolute Gasteiger partial charge is 0.366 e. The SMILES string of the molecule is O=C(NC1CCCCC1)N1c2nc(-c3cccc(C(F)(F)F)c3)ccc2N2CC[C@H]1C2. The molecule has 2 fully saturated rings. The Hall–Kier alpha value is -2.77. The number of hydrogen-bond acceptors (Lipinski definition) is 3. The molecule has 3 heterocycles. The second-order valence-electron chi connectivity index (χ2n) is 8.66. The maximum absolute atomic E-state index is 13.3. The first-order chi connectivity index (χ1) is 14.9. The van der Waals surface area contributed by atoms with E-state index in [2.05, 4.69) is 10.2 Å². The summed E-state index contributed by atoms with van der Waals surface area (Å²) in [5.74, 6) is 0.539. The maximum atomic E-state index is 13.3. The largest absolute Gasteiger partial charge is 0.416 e. The van der Waals surface area contributed by atoms with Gasteiger partial charge in [-0.15, -0.1) is 0 Å². The van der Waals surface area contributed by atoms with Gasteiger partial charge < -0.3 is 10.2 Å². The molecule has 1 N–H and O–H groups in total. The number of hydrogen-bond donors (Lipinski definition) is 1. The maximum Gasteiger partial charge on any atom is 0.416 e. The van der Waals surface area contributed by atoms with Crippen LogP contribution in [0.1, 0.15) is 44.1 Å². The molecule has 1 aromatic carbocycles. The van der Waals surface area contributed by atoms with Crippen LogP contribution in [0, 0.1) is 0 Å². The Labute approximate surface area is 179 Å². The number of pyridine rings is 1. The molecular formula is C23H25F3N4O. The van der Waals surface area contributed by atoms with Crippen molar-refractivity contribution in [3.63, 3.8) is 0 Å². The number of carbonyl (C=O) groups excluding carboxylic acids is 1. The van der Waals surface area contributed by atoms with Crippen molar-refractivity contribution in [1.29, 1.82) is 0 Å². The number of carbonyl (C=O) groups is 1. The number of alkyl halides is 3. The van der Waals surface area contributed by atoms with Crippen molar-refractivity contribution < 1.29 is 18.0 Å². The Morgan fingerprint density at radius 3 is 2.65 bits per heavy atom. The first kappa shape index (κ1) is 20.2. The van der Waals surface area contributed by atoms with Gasteiger partial charge in [0.05, 0.1) is 23.0 Å². The second kappa shape index (κ2) is 7.73. The first-order valence-corrected chi connectivity index (χ1v) is 10.9. The zero-order valence-electron chi connectivity index (χ0n) is 17.2. The van der Waals surface area contributed by atoms with E-state index >= 15 is 0 Å². The number of urea groups is 1. The summed E-state index contributed by atoms with van der Waals surface area (Å²) in [5, 5.41) is 3.18. The Kier molecular flexibility index (Phi) is 5.02. The molecule has 3 aliphatic rings. The van der Waals surface area contributed by atoms with Crippen LogP contribution in [0.3, 0.4) is 0 Å². The molecule has 8 heteroatoms. The first-order valence-electron chi connectivity index (χ1n) is 10.9. The van der Waals surface area contributed by atoms with Gasteiger partial charge in [0.15, 0.2) is 5.82 Å². The van der Waals surface area contributed by atoms with Gasteiger partial charge in [0.1, 0.15) is 0 Å². The molecule has 2 aliphatic heterocycles. The van der Waals surface area contributed by atoms with E-state index < -0.39 is 11.7 Å². The highest BCUT2D eigenvalue weighted by molar-refractivity contribution is 5.97. The Morgan fingerprint density at radius 2 is 1.87 bits per heavy atom. The van der Waals surface area contributed by atoms with E-state index in [1.807, 2.05) is 6.07 Å². The van der Waals surface area contributed by atoms with Crippen LogP contribution < -0.4 is 15.1 Å². The molecule has 0 unspecified atom stereocenters. The van der Waals surface area contributed by atoms with Gasteiger partial charge in [0.2, 0.25) is 0 Å². The summed E-state index contributed by atoms with van der Waals surface area (Å²) in [4.78, 5) is 21.9. The number of rotatable bonds is 2. The summed E-state index contributed by atoms with van der Waals surface area (Å²) in [6.45, 7) is 1.60. The lowest BCUT2D eigenvalue weighted by Gasteiger charge is -2.37. The molecule has 1 aromatic heterocycles. The molecule has 2 aromatic rings. The Balaban J connectivity index is 1.49. The predicted molar refractivity (Wildman–Crippen MR) is 113 cm³/mol. The van der Waals surface area contributed by atoms with E-state index in [4.69, 9.17) is 4.98 Å². The third-order valence-corrected chi connectivity index (χ3v) is 6.59. The fraction of sp³-hybridized carbons (Fsp3) is 0.478. The third-order valence-electron chi connectivity index (χ3n) is 6.59. The minimum Gasteiger partial charge on any atom is -0.366 e. The molecule has 5 nitrogen and oxygen atoms in total. The summed E-state index contributed by atoms with van der Waals surface area (Å²) in [6.07, 6.45) is 1.86. The van der Waals surface area contributed by atoms with Crippen molar-refractivity contribution >= 4 is 17.5 Å². The monoisotopic (exact) mass is 430 g/mol. The molecular weight excluding hydrogens is 405 g/mol. The molecule has 1 saturated heterocycles. The van der Waals surface area contributed by atoms with Gasteiger partial charge in [-0.3, -0.25) is 4.90 Å². The van der Waals surface area contributed by atoms with Gasteiger partial charge in [0.25, 0.3) is 0 Å². The van der Waals surface area contributed by atoms with Gasteiger partial charge in [-0.25, -0.2) is 9.78 Å². The lowest BCUT2D eigenvalue weighted by molar-refractivity contribution is -0.137. The molecule has 2 amide bonds. The number of benzene rings is 1. The zero-order valence-corrected chi connectivity index (χ0v) is 17.2. The summed E-state index contributed by atoms with van der Waals surface area (Å²) >= 11 is 0. The summed E-state index contributed by atoms with van der Waals surface area (Å²) in [7, 11) is 0. The highest BCUT2D eigenvalue weighted by Crippen LogP contribution is 2.41. The number of amides is 2. The summed E-state index contributed by atoms with van der Waals surface area (Å²) in [6, 6.07) is 8.85. The van der Waals surface area contributed by atoms with Gasteiger partial charge in [-0.05, 0) is 43.5 Å². The highest BCUT2D eigenvalue weighted by atomic mass is 19.4. The van der Waals surface area contributed by atoms with Crippen LogP contribution in [-0.4, -0.2) is 36.2 Å². The molecule has 0 spiro atoms. The third kappa shape index (κ3) is 3.83. The lowest BCUT2D eigenvalue weighted by Crippen LogP contribution is -2.53. The highest BCUT2D eigenvalue weighted by Gasteiger charge is 2.41. The topological polar surface area (TPSA) is 48.5 Å². The standard InChI is InChI=1S/C23H25F3N4O/c24-23(25,26)16-6-4-5-15(13-16)19-9-10-20-21(28-19)30(18-11-12-29(20)14-18)22(31)27-17-7-2-1-3-8-17/h4-6,9-10,13,17-18H,1-3,7-8,11-12,14H2,(H,27,31)/t18-/m0/s1. The molecule has 1 aliphatic carbocycles. The van der Waals surface area contributed by atoms with Crippen molar-refractivity contribution in [2.45, 2.75) is 56.8 Å². The van der Waals surface area contributed by atoms with Crippen molar-refractivity contribution in [3.05, 3.63) is 42.0 Å². The average molecular weight is 430 g/mol. The molecule has 1 saturated carbocycles. The number of nitrogens with zero attached hydrogens (tertiary/aromatic N) is 3. The number of aromatic nitrogens is 1. The van der Waals surface area contributed by atoms with Gasteiger partial charge in [-0.1, -0.05) is 31.4 Å². The number of anilines is 2. The van der Waals surface area contributed by atoms with Crippen LogP contribution in [0.2, 0.25) is 0 Å². The van der Waals surface area contributed by atoms with Crippen LogP contribution in [0.25, 0.3) is 11.3 Å². The summed E-state index contributed by atoms with van der Waals surface area (Å²) < 4.78 is 39.5. The average Bonchev–Trinajstić information content (AvgIpc) is 3.18. The molecule has 31 heavy (non-hydrogen) atoms. The molecule has 2 bridgehead atoms. The minimum atomic E-state index is -4.42. The van der Waals surface area contributed by atoms with E-state index in [0.717, 1.165) is 63.0 Å². The van der Waals surface area contributed by atoms with Gasteiger partial charge in [-0.2, -0.15) is 13.2 Å².